The van der Waals surface area contributed by atoms with Gasteiger partial charge in [-0.1, -0.05) is 19.3 Å². The van der Waals surface area contributed by atoms with Gasteiger partial charge in [-0.2, -0.15) is 0 Å². The lowest BCUT2D eigenvalue weighted by atomic mass is 9.75. The first kappa shape index (κ1) is 16.2. The Kier molecular flexibility index (Phi) is 4.23. The van der Waals surface area contributed by atoms with E-state index in [9.17, 15) is 14.9 Å². The van der Waals surface area contributed by atoms with Gasteiger partial charge in [-0.15, -0.1) is 0 Å². The molecular formula is C18H22N2O5. The fraction of sp³-hybridized carbons (Fsp3) is 0.611. The van der Waals surface area contributed by atoms with Crippen molar-refractivity contribution in [3.63, 3.8) is 0 Å². The lowest BCUT2D eigenvalue weighted by Gasteiger charge is -2.41. The second-order valence-corrected chi connectivity index (χ2v) is 7.11. The first-order chi connectivity index (χ1) is 12.1. The normalized spacial score (nSPS) is 25.2. The number of hydrogen-bond acceptors (Lipinski definition) is 5. The number of carbonyl (C=O) groups is 1. The molecule has 2 aliphatic heterocycles. The van der Waals surface area contributed by atoms with Crippen molar-refractivity contribution in [3.05, 3.63) is 27.8 Å². The van der Waals surface area contributed by atoms with Crippen LogP contribution in [0, 0.1) is 22.0 Å². The SMILES string of the molecule is O=C(c1cc2c(cc1[N+](=O)[O-])OCCO2)N1CC[C@H]2CCCC[C@@H]2C1. The third-order valence-corrected chi connectivity index (χ3v) is 5.67. The van der Waals surface area contributed by atoms with E-state index >= 15 is 0 Å². The third-order valence-electron chi connectivity index (χ3n) is 5.67. The molecule has 7 heteroatoms. The second-order valence-electron chi connectivity index (χ2n) is 7.11. The van der Waals surface area contributed by atoms with Gasteiger partial charge in [0.05, 0.1) is 11.0 Å². The Labute approximate surface area is 146 Å². The van der Waals surface area contributed by atoms with E-state index in [1.165, 1.54) is 31.4 Å². The highest BCUT2D eigenvalue weighted by Crippen LogP contribution is 2.39. The van der Waals surface area contributed by atoms with E-state index in [1.54, 1.807) is 4.90 Å². The number of amides is 1. The number of carbonyl (C=O) groups excluding carboxylic acids is 1. The maximum Gasteiger partial charge on any atom is 0.286 e. The lowest BCUT2D eigenvalue weighted by molar-refractivity contribution is -0.385. The second kappa shape index (κ2) is 6.54. The van der Waals surface area contributed by atoms with Gasteiger partial charge in [0.25, 0.3) is 11.6 Å². The predicted molar refractivity (Wildman–Crippen MR) is 90.1 cm³/mol. The van der Waals surface area contributed by atoms with Crippen LogP contribution in [0.3, 0.4) is 0 Å². The third kappa shape index (κ3) is 3.03. The van der Waals surface area contributed by atoms with Crippen LogP contribution in [-0.4, -0.2) is 42.0 Å². The molecule has 0 bridgehead atoms. The molecule has 3 aliphatic rings. The number of rotatable bonds is 2. The zero-order valence-corrected chi connectivity index (χ0v) is 14.1. The van der Waals surface area contributed by atoms with Crippen LogP contribution in [0.25, 0.3) is 0 Å². The van der Waals surface area contributed by atoms with Crippen LogP contribution in [0.5, 0.6) is 11.5 Å². The van der Waals surface area contributed by atoms with Crippen molar-refractivity contribution in [2.45, 2.75) is 32.1 Å². The first-order valence-electron chi connectivity index (χ1n) is 9.01. The standard InChI is InChI=1S/C18H22N2O5/c21-18(19-6-5-12-3-1-2-4-13(12)11-19)14-9-16-17(25-8-7-24-16)10-15(14)20(22)23/h9-10,12-13H,1-8,11H2/t12-,13-/m1/s1. The van der Waals surface area contributed by atoms with Crippen LogP contribution in [0.2, 0.25) is 0 Å². The van der Waals surface area contributed by atoms with Gasteiger partial charge in [-0.25, -0.2) is 0 Å². The molecule has 0 aromatic heterocycles. The Bertz CT molecular complexity index is 705. The number of benzene rings is 1. The van der Waals surface area contributed by atoms with Crippen molar-refractivity contribution in [1.29, 1.82) is 0 Å². The summed E-state index contributed by atoms with van der Waals surface area (Å²) in [5, 5.41) is 11.5. The number of nitrogens with zero attached hydrogens (tertiary/aromatic N) is 2. The van der Waals surface area contributed by atoms with Gasteiger partial charge < -0.3 is 14.4 Å². The molecule has 1 aliphatic carbocycles. The molecule has 1 aromatic rings. The highest BCUT2D eigenvalue weighted by molar-refractivity contribution is 5.99. The van der Waals surface area contributed by atoms with Gasteiger partial charge in [-0.3, -0.25) is 14.9 Å². The molecule has 0 radical (unpaired) electrons. The monoisotopic (exact) mass is 346 g/mol. The van der Waals surface area contributed by atoms with E-state index < -0.39 is 4.92 Å². The van der Waals surface area contributed by atoms with Crippen molar-refractivity contribution < 1.29 is 19.2 Å². The lowest BCUT2D eigenvalue weighted by Crippen LogP contribution is -2.44. The molecule has 2 fully saturated rings. The Hall–Kier alpha value is -2.31. The molecule has 4 rings (SSSR count). The summed E-state index contributed by atoms with van der Waals surface area (Å²) < 4.78 is 10.9. The molecule has 0 unspecified atom stereocenters. The highest BCUT2D eigenvalue weighted by Gasteiger charge is 2.36. The summed E-state index contributed by atoms with van der Waals surface area (Å²) in [4.78, 5) is 25.7. The number of hydrogen-bond donors (Lipinski definition) is 0. The van der Waals surface area contributed by atoms with Crippen molar-refractivity contribution in [2.24, 2.45) is 11.8 Å². The highest BCUT2D eigenvalue weighted by atomic mass is 16.6. The minimum Gasteiger partial charge on any atom is -0.486 e. The van der Waals surface area contributed by atoms with E-state index in [-0.39, 0.29) is 17.2 Å². The van der Waals surface area contributed by atoms with Crippen LogP contribution in [0.4, 0.5) is 5.69 Å². The van der Waals surface area contributed by atoms with Crippen LogP contribution in [0.15, 0.2) is 12.1 Å². The van der Waals surface area contributed by atoms with E-state index in [2.05, 4.69) is 0 Å². The van der Waals surface area contributed by atoms with Crippen LogP contribution in [-0.2, 0) is 0 Å². The fourth-order valence-electron chi connectivity index (χ4n) is 4.36. The van der Waals surface area contributed by atoms with Gasteiger partial charge in [0.1, 0.15) is 18.8 Å². The summed E-state index contributed by atoms with van der Waals surface area (Å²) in [7, 11) is 0. The number of likely N-dealkylation sites (tertiary alicyclic amines) is 1. The summed E-state index contributed by atoms with van der Waals surface area (Å²) >= 11 is 0. The Morgan fingerprint density at radius 2 is 1.76 bits per heavy atom. The van der Waals surface area contributed by atoms with Crippen molar-refractivity contribution >= 4 is 11.6 Å². The molecule has 25 heavy (non-hydrogen) atoms. The molecule has 7 nitrogen and oxygen atoms in total. The van der Waals surface area contributed by atoms with E-state index in [0.29, 0.717) is 49.6 Å². The largest absolute Gasteiger partial charge is 0.486 e. The van der Waals surface area contributed by atoms with Crippen molar-refractivity contribution in [2.75, 3.05) is 26.3 Å². The molecule has 1 saturated carbocycles. The quantitative estimate of drug-likeness (QED) is 0.607. The van der Waals surface area contributed by atoms with E-state index in [0.717, 1.165) is 12.8 Å². The molecule has 1 aromatic carbocycles. The Morgan fingerprint density at radius 3 is 2.48 bits per heavy atom. The van der Waals surface area contributed by atoms with E-state index in [1.807, 2.05) is 0 Å². The molecular weight excluding hydrogens is 324 g/mol. The van der Waals surface area contributed by atoms with Gasteiger partial charge in [-0.05, 0) is 24.7 Å². The van der Waals surface area contributed by atoms with Crippen LogP contribution in [0.1, 0.15) is 42.5 Å². The van der Waals surface area contributed by atoms with Gasteiger partial charge in [0.2, 0.25) is 0 Å². The average Bonchev–Trinajstić information content (AvgIpc) is 2.66. The Morgan fingerprint density at radius 1 is 1.08 bits per heavy atom. The maximum atomic E-state index is 13.0. The molecule has 2 heterocycles. The number of piperidine rings is 1. The number of nitro benzene ring substituents is 1. The molecule has 0 spiro atoms. The number of ether oxygens (including phenoxy) is 2. The first-order valence-corrected chi connectivity index (χ1v) is 9.01. The summed E-state index contributed by atoms with van der Waals surface area (Å²) in [5.74, 6) is 1.71. The molecule has 0 N–H and O–H groups in total. The van der Waals surface area contributed by atoms with Gasteiger partial charge in [0, 0.05) is 19.2 Å². The van der Waals surface area contributed by atoms with Crippen molar-refractivity contribution in [1.82, 2.24) is 4.90 Å². The topological polar surface area (TPSA) is 81.9 Å². The average molecular weight is 346 g/mol. The fourth-order valence-corrected chi connectivity index (χ4v) is 4.36. The maximum absolute atomic E-state index is 13.0. The number of fused-ring (bicyclic) bond motifs is 2. The molecule has 134 valence electrons. The van der Waals surface area contributed by atoms with Crippen molar-refractivity contribution in [3.8, 4) is 11.5 Å². The van der Waals surface area contributed by atoms with Gasteiger partial charge >= 0.3 is 0 Å². The summed E-state index contributed by atoms with van der Waals surface area (Å²) in [5.41, 5.74) is -0.108. The summed E-state index contributed by atoms with van der Waals surface area (Å²) in [6, 6.07) is 2.79. The number of nitro groups is 1. The summed E-state index contributed by atoms with van der Waals surface area (Å²) in [6.45, 7) is 2.11. The van der Waals surface area contributed by atoms with Gasteiger partial charge in [0.15, 0.2) is 11.5 Å². The zero-order valence-electron chi connectivity index (χ0n) is 14.1. The smallest absolute Gasteiger partial charge is 0.286 e. The molecule has 2 atom stereocenters. The van der Waals surface area contributed by atoms with Crippen LogP contribution >= 0.6 is 0 Å². The van der Waals surface area contributed by atoms with E-state index in [4.69, 9.17) is 9.47 Å². The minimum atomic E-state index is -0.515. The molecule has 1 amide bonds. The summed E-state index contributed by atoms with van der Waals surface area (Å²) in [6.07, 6.45) is 5.89. The molecule has 1 saturated heterocycles. The predicted octanol–water partition coefficient (Wildman–Crippen LogP) is 3.02. The minimum absolute atomic E-state index is 0.100. The van der Waals surface area contributed by atoms with Crippen LogP contribution < -0.4 is 9.47 Å². The Balaban J connectivity index is 1.61. The zero-order chi connectivity index (χ0) is 17.4.